The van der Waals surface area contributed by atoms with Gasteiger partial charge >= 0.3 is 0 Å². The average Bonchev–Trinajstić information content (AvgIpc) is 2.77. The highest BCUT2D eigenvalue weighted by atomic mass is 35.5. The lowest BCUT2D eigenvalue weighted by Gasteiger charge is -2.36. The molecule has 0 aliphatic carbocycles. The highest BCUT2D eigenvalue weighted by Gasteiger charge is 2.20. The Labute approximate surface area is 177 Å². The van der Waals surface area contributed by atoms with E-state index in [1.165, 1.54) is 11.8 Å². The molecule has 1 aliphatic heterocycles. The molecule has 2 aromatic rings. The summed E-state index contributed by atoms with van der Waals surface area (Å²) < 4.78 is 0. The Hall–Kier alpha value is -2.79. The lowest BCUT2D eigenvalue weighted by atomic mass is 10.2. The maximum atomic E-state index is 12.4. The minimum Gasteiger partial charge on any atom is -0.368 e. The first-order chi connectivity index (χ1) is 14.1. The van der Waals surface area contributed by atoms with Gasteiger partial charge in [0.25, 0.3) is 0 Å². The number of rotatable bonds is 7. The zero-order chi connectivity index (χ0) is 20.5. The van der Waals surface area contributed by atoms with Gasteiger partial charge in [-0.2, -0.15) is 0 Å². The van der Waals surface area contributed by atoms with Crippen LogP contribution >= 0.6 is 11.6 Å². The number of halogens is 1. The van der Waals surface area contributed by atoms with Gasteiger partial charge in [0.1, 0.15) is 0 Å². The second-order valence-electron chi connectivity index (χ2n) is 6.98. The normalized spacial score (nSPS) is 14.2. The van der Waals surface area contributed by atoms with Crippen LogP contribution in [0.3, 0.4) is 0 Å². The molecule has 0 bridgehead atoms. The molecule has 1 saturated heterocycles. The summed E-state index contributed by atoms with van der Waals surface area (Å²) in [4.78, 5) is 28.5. The van der Waals surface area contributed by atoms with Gasteiger partial charge in [-0.1, -0.05) is 41.9 Å². The largest absolute Gasteiger partial charge is 0.368 e. The fraction of sp³-hybridized carbons (Fsp3) is 0.304. The molecule has 2 aromatic carbocycles. The summed E-state index contributed by atoms with van der Waals surface area (Å²) in [5, 5.41) is 3.48. The Bertz CT molecular complexity index is 829. The number of nitrogens with zero attached hydrogens (tertiary/aromatic N) is 2. The van der Waals surface area contributed by atoms with Crippen molar-refractivity contribution in [2.75, 3.05) is 37.6 Å². The van der Waals surface area contributed by atoms with E-state index in [9.17, 15) is 9.59 Å². The van der Waals surface area contributed by atoms with Gasteiger partial charge in [-0.3, -0.25) is 9.59 Å². The van der Waals surface area contributed by atoms with E-state index in [-0.39, 0.29) is 11.8 Å². The number of benzene rings is 2. The second kappa shape index (κ2) is 10.7. The summed E-state index contributed by atoms with van der Waals surface area (Å²) in [5.41, 5.74) is 2.11. The van der Waals surface area contributed by atoms with Crippen LogP contribution in [0.2, 0.25) is 5.02 Å². The molecule has 0 radical (unpaired) electrons. The van der Waals surface area contributed by atoms with E-state index >= 15 is 0 Å². The predicted octanol–water partition coefficient (Wildman–Crippen LogP) is 3.60. The quantitative estimate of drug-likeness (QED) is 0.559. The molecule has 5 nitrogen and oxygen atoms in total. The highest BCUT2D eigenvalue weighted by Crippen LogP contribution is 2.16. The van der Waals surface area contributed by atoms with Crippen LogP contribution in [0, 0.1) is 0 Å². The molecule has 6 heteroatoms. The van der Waals surface area contributed by atoms with Crippen LogP contribution in [0.15, 0.2) is 60.7 Å². The van der Waals surface area contributed by atoms with Crippen LogP contribution in [0.25, 0.3) is 6.08 Å². The average molecular weight is 412 g/mol. The predicted molar refractivity (Wildman–Crippen MR) is 118 cm³/mol. The van der Waals surface area contributed by atoms with Gasteiger partial charge < -0.3 is 15.1 Å². The molecule has 1 N–H and O–H groups in total. The maximum absolute atomic E-state index is 12.4. The van der Waals surface area contributed by atoms with Crippen LogP contribution in [0.4, 0.5) is 5.69 Å². The summed E-state index contributed by atoms with van der Waals surface area (Å²) in [5.74, 6) is -0.00691. The molecule has 1 heterocycles. The highest BCUT2D eigenvalue weighted by molar-refractivity contribution is 6.30. The van der Waals surface area contributed by atoms with Crippen molar-refractivity contribution in [3.8, 4) is 0 Å². The molecule has 0 aromatic heterocycles. The monoisotopic (exact) mass is 411 g/mol. The van der Waals surface area contributed by atoms with Crippen molar-refractivity contribution in [1.82, 2.24) is 10.2 Å². The number of piperazine rings is 1. The number of hydrogen-bond donors (Lipinski definition) is 1. The fourth-order valence-electron chi connectivity index (χ4n) is 3.27. The summed E-state index contributed by atoms with van der Waals surface area (Å²) in [7, 11) is 0. The van der Waals surface area contributed by atoms with Gasteiger partial charge in [0.2, 0.25) is 11.8 Å². The van der Waals surface area contributed by atoms with Crippen LogP contribution in [-0.2, 0) is 9.59 Å². The summed E-state index contributed by atoms with van der Waals surface area (Å²) >= 11 is 5.84. The molecule has 1 fully saturated rings. The first-order valence-electron chi connectivity index (χ1n) is 9.91. The summed E-state index contributed by atoms with van der Waals surface area (Å²) in [6.45, 7) is 3.66. The Morgan fingerprint density at radius 2 is 1.66 bits per heavy atom. The van der Waals surface area contributed by atoms with Gasteiger partial charge in [-0.05, 0) is 42.3 Å². The number of carbonyl (C=O) groups is 2. The minimum atomic E-state index is -0.163. The Kier molecular flexibility index (Phi) is 7.70. The van der Waals surface area contributed by atoms with Gasteiger partial charge in [0.15, 0.2) is 0 Å². The van der Waals surface area contributed by atoms with E-state index in [4.69, 9.17) is 11.6 Å². The van der Waals surface area contributed by atoms with E-state index in [0.717, 1.165) is 31.7 Å². The third-order valence-corrected chi connectivity index (χ3v) is 5.17. The van der Waals surface area contributed by atoms with Gasteiger partial charge in [-0.15, -0.1) is 0 Å². The van der Waals surface area contributed by atoms with Crippen molar-refractivity contribution in [3.05, 3.63) is 71.3 Å². The van der Waals surface area contributed by atoms with Crippen molar-refractivity contribution in [2.24, 2.45) is 0 Å². The molecule has 0 atom stereocenters. The van der Waals surface area contributed by atoms with Gasteiger partial charge in [0, 0.05) is 55.9 Å². The number of carbonyl (C=O) groups excluding carboxylic acids is 2. The van der Waals surface area contributed by atoms with Crippen molar-refractivity contribution in [2.45, 2.75) is 12.8 Å². The Morgan fingerprint density at radius 1 is 0.966 bits per heavy atom. The second-order valence-corrected chi connectivity index (χ2v) is 7.42. The topological polar surface area (TPSA) is 52.7 Å². The smallest absolute Gasteiger partial charge is 0.243 e. The van der Waals surface area contributed by atoms with Crippen molar-refractivity contribution in [1.29, 1.82) is 0 Å². The SMILES string of the molecule is O=C(C=Cc1ccc(Cl)cc1)NCCCC(=O)N1CCN(c2ccccc2)CC1. The van der Waals surface area contributed by atoms with E-state index in [2.05, 4.69) is 22.3 Å². The zero-order valence-electron chi connectivity index (χ0n) is 16.4. The molecular weight excluding hydrogens is 386 g/mol. The number of para-hydroxylation sites is 1. The van der Waals surface area contributed by atoms with Crippen molar-refractivity contribution >= 4 is 35.2 Å². The van der Waals surface area contributed by atoms with E-state index < -0.39 is 0 Å². The Morgan fingerprint density at radius 3 is 2.34 bits per heavy atom. The van der Waals surface area contributed by atoms with Gasteiger partial charge in [0.05, 0.1) is 0 Å². The van der Waals surface area contributed by atoms with Crippen LogP contribution in [0.1, 0.15) is 18.4 Å². The number of anilines is 1. The lowest BCUT2D eigenvalue weighted by molar-refractivity contribution is -0.131. The summed E-state index contributed by atoms with van der Waals surface area (Å²) in [6, 6.07) is 17.5. The fourth-order valence-corrected chi connectivity index (χ4v) is 3.39. The standard InChI is InChI=1S/C23H26ClN3O2/c24-20-11-8-19(9-12-20)10-13-22(28)25-14-4-7-23(29)27-17-15-26(16-18-27)21-5-2-1-3-6-21/h1-3,5-6,8-13H,4,7,14-18H2,(H,25,28). The molecule has 0 saturated carbocycles. The van der Waals surface area contributed by atoms with Crippen molar-refractivity contribution < 1.29 is 9.59 Å². The first-order valence-corrected chi connectivity index (χ1v) is 10.3. The third kappa shape index (κ3) is 6.64. The molecule has 0 unspecified atom stereocenters. The first kappa shape index (κ1) is 20.9. The summed E-state index contributed by atoms with van der Waals surface area (Å²) in [6.07, 6.45) is 4.32. The number of nitrogens with one attached hydrogen (secondary N) is 1. The van der Waals surface area contributed by atoms with Crippen LogP contribution in [0.5, 0.6) is 0 Å². The van der Waals surface area contributed by atoms with Gasteiger partial charge in [-0.25, -0.2) is 0 Å². The maximum Gasteiger partial charge on any atom is 0.243 e. The van der Waals surface area contributed by atoms with E-state index in [1.54, 1.807) is 18.2 Å². The van der Waals surface area contributed by atoms with Crippen molar-refractivity contribution in [3.63, 3.8) is 0 Å². The van der Waals surface area contributed by atoms with E-state index in [1.807, 2.05) is 35.2 Å². The Balaban J connectivity index is 1.32. The van der Waals surface area contributed by atoms with Crippen LogP contribution < -0.4 is 10.2 Å². The third-order valence-electron chi connectivity index (χ3n) is 4.92. The molecule has 29 heavy (non-hydrogen) atoms. The lowest BCUT2D eigenvalue weighted by Crippen LogP contribution is -2.48. The molecule has 0 spiro atoms. The number of hydrogen-bond acceptors (Lipinski definition) is 3. The minimum absolute atomic E-state index is 0.156. The van der Waals surface area contributed by atoms with E-state index in [0.29, 0.717) is 24.4 Å². The molecule has 152 valence electrons. The van der Waals surface area contributed by atoms with Crippen LogP contribution in [-0.4, -0.2) is 49.4 Å². The molecule has 2 amide bonds. The zero-order valence-corrected chi connectivity index (χ0v) is 17.1. The molecule has 1 aliphatic rings. The number of amides is 2. The molecular formula is C23H26ClN3O2. The molecule has 3 rings (SSSR count).